The Balaban J connectivity index is 3.02. The molecule has 0 aliphatic heterocycles. The van der Waals surface area contributed by atoms with Crippen LogP contribution in [-0.2, 0) is 28.5 Å². The van der Waals surface area contributed by atoms with Crippen LogP contribution in [-0.4, -0.2) is 80.8 Å². The molecule has 0 spiro atoms. The molecule has 0 aliphatic carbocycles. The molecule has 0 atom stereocenters. The molecule has 9 heteroatoms. The molecule has 0 aromatic carbocycles. The van der Waals surface area contributed by atoms with E-state index in [1.54, 1.807) is 0 Å². The van der Waals surface area contributed by atoms with Crippen molar-refractivity contribution in [2.75, 3.05) is 63.8 Å². The van der Waals surface area contributed by atoms with Crippen molar-refractivity contribution >= 4 is 34.5 Å². The summed E-state index contributed by atoms with van der Waals surface area (Å²) in [6.07, 6.45) is 0.00482. The Kier molecular flexibility index (Phi) is 16.5. The Morgan fingerprint density at radius 3 is 1.73 bits per heavy atom. The van der Waals surface area contributed by atoms with Gasteiger partial charge in [-0.25, -0.2) is 0 Å². The predicted molar refractivity (Wildman–Crippen MR) is 87.4 cm³/mol. The van der Waals surface area contributed by atoms with E-state index in [4.69, 9.17) is 24.1 Å². The lowest BCUT2D eigenvalue weighted by Crippen LogP contribution is -2.28. The van der Waals surface area contributed by atoms with Crippen LogP contribution in [0.3, 0.4) is 0 Å². The van der Waals surface area contributed by atoms with Gasteiger partial charge < -0.3 is 29.4 Å². The van der Waals surface area contributed by atoms with E-state index in [1.807, 2.05) is 22.6 Å². The lowest BCUT2D eigenvalue weighted by atomic mass is 10.5. The maximum Gasteiger partial charge on any atom is 0.305 e. The summed E-state index contributed by atoms with van der Waals surface area (Å²) >= 11 is 2.00. The molecule has 8 nitrogen and oxygen atoms in total. The fourth-order valence-corrected chi connectivity index (χ4v) is 1.50. The van der Waals surface area contributed by atoms with Gasteiger partial charge in [-0.2, -0.15) is 0 Å². The van der Waals surface area contributed by atoms with Crippen LogP contribution in [0.1, 0.15) is 6.42 Å². The first-order chi connectivity index (χ1) is 10.7. The van der Waals surface area contributed by atoms with Crippen molar-refractivity contribution in [2.24, 2.45) is 0 Å². The SMILES string of the molecule is O=C(O)CCOCCOCCOCCOCCNC(=O)CI. The van der Waals surface area contributed by atoms with Gasteiger partial charge in [-0.05, 0) is 0 Å². The molecule has 0 radical (unpaired) electrons. The zero-order chi connectivity index (χ0) is 16.5. The standard InChI is InChI=1S/C13H24INO7/c14-11-12(16)15-2-4-20-6-8-22-10-9-21-7-5-19-3-1-13(17)18/h1-11H2,(H,15,16)(H,17,18). The highest BCUT2D eigenvalue weighted by atomic mass is 127. The molecule has 22 heavy (non-hydrogen) atoms. The van der Waals surface area contributed by atoms with Gasteiger partial charge in [0.1, 0.15) is 0 Å². The molecule has 0 unspecified atom stereocenters. The fourth-order valence-electron chi connectivity index (χ4n) is 1.23. The number of amides is 1. The number of alkyl halides is 1. The summed E-state index contributed by atoms with van der Waals surface area (Å²) in [6.45, 7) is 3.82. The van der Waals surface area contributed by atoms with Gasteiger partial charge in [0.2, 0.25) is 5.91 Å². The van der Waals surface area contributed by atoms with Crippen molar-refractivity contribution in [2.45, 2.75) is 6.42 Å². The topological polar surface area (TPSA) is 103 Å². The van der Waals surface area contributed by atoms with Crippen LogP contribution in [0.25, 0.3) is 0 Å². The second kappa shape index (κ2) is 16.9. The maximum atomic E-state index is 10.9. The zero-order valence-corrected chi connectivity index (χ0v) is 14.7. The van der Waals surface area contributed by atoms with Crippen LogP contribution in [0.5, 0.6) is 0 Å². The van der Waals surface area contributed by atoms with Crippen molar-refractivity contribution in [1.82, 2.24) is 5.32 Å². The largest absolute Gasteiger partial charge is 0.481 e. The van der Waals surface area contributed by atoms with Crippen LogP contribution < -0.4 is 5.32 Å². The van der Waals surface area contributed by atoms with Crippen LogP contribution >= 0.6 is 22.6 Å². The fraction of sp³-hybridized carbons (Fsp3) is 0.846. The number of carboxylic acid groups (broad SMARTS) is 1. The Bertz CT molecular complexity index is 292. The van der Waals surface area contributed by atoms with Gasteiger partial charge in [0.25, 0.3) is 0 Å². The number of carbonyl (C=O) groups is 2. The molecular formula is C13H24INO7. The summed E-state index contributed by atoms with van der Waals surface area (Å²) in [6, 6.07) is 0. The average molecular weight is 433 g/mol. The van der Waals surface area contributed by atoms with E-state index in [2.05, 4.69) is 5.32 Å². The smallest absolute Gasteiger partial charge is 0.305 e. The molecule has 0 aromatic rings. The summed E-state index contributed by atoms with van der Waals surface area (Å²) < 4.78 is 21.3. The van der Waals surface area contributed by atoms with Crippen LogP contribution in [0.2, 0.25) is 0 Å². The Morgan fingerprint density at radius 1 is 0.818 bits per heavy atom. The number of carboxylic acids is 1. The third-order valence-corrected chi connectivity index (χ3v) is 2.96. The first-order valence-electron chi connectivity index (χ1n) is 7.02. The van der Waals surface area contributed by atoms with E-state index >= 15 is 0 Å². The quantitative estimate of drug-likeness (QED) is 0.202. The molecule has 0 bridgehead atoms. The zero-order valence-electron chi connectivity index (χ0n) is 12.6. The first-order valence-corrected chi connectivity index (χ1v) is 8.54. The highest BCUT2D eigenvalue weighted by molar-refractivity contribution is 14.1. The molecule has 0 aromatic heterocycles. The van der Waals surface area contributed by atoms with Crippen molar-refractivity contribution in [3.8, 4) is 0 Å². The van der Waals surface area contributed by atoms with Gasteiger partial charge in [0.05, 0.1) is 63.7 Å². The molecule has 0 rings (SSSR count). The highest BCUT2D eigenvalue weighted by Gasteiger charge is 1.97. The number of aliphatic carboxylic acids is 1. The molecular weight excluding hydrogens is 409 g/mol. The van der Waals surface area contributed by atoms with E-state index in [1.165, 1.54) is 0 Å². The van der Waals surface area contributed by atoms with Crippen molar-refractivity contribution in [3.63, 3.8) is 0 Å². The number of nitrogens with one attached hydrogen (secondary N) is 1. The number of hydrogen-bond donors (Lipinski definition) is 2. The van der Waals surface area contributed by atoms with Gasteiger partial charge in [-0.3, -0.25) is 9.59 Å². The van der Waals surface area contributed by atoms with E-state index in [-0.39, 0.29) is 18.9 Å². The second-order valence-electron chi connectivity index (χ2n) is 4.08. The number of carbonyl (C=O) groups excluding carboxylic acids is 1. The number of halogens is 1. The molecule has 0 heterocycles. The predicted octanol–water partition coefficient (Wildman–Crippen LogP) is 0.0787. The molecule has 130 valence electrons. The van der Waals surface area contributed by atoms with Crippen LogP contribution in [0.4, 0.5) is 0 Å². The monoisotopic (exact) mass is 433 g/mol. The van der Waals surface area contributed by atoms with Gasteiger partial charge in [-0.15, -0.1) is 0 Å². The molecule has 1 amide bonds. The third kappa shape index (κ3) is 17.6. The molecule has 2 N–H and O–H groups in total. The van der Waals surface area contributed by atoms with Crippen molar-refractivity contribution in [1.29, 1.82) is 0 Å². The van der Waals surface area contributed by atoms with Crippen molar-refractivity contribution in [3.05, 3.63) is 0 Å². The summed E-state index contributed by atoms with van der Waals surface area (Å²) in [5.41, 5.74) is 0. The van der Waals surface area contributed by atoms with Crippen molar-refractivity contribution < 1.29 is 33.6 Å². The average Bonchev–Trinajstić information content (AvgIpc) is 2.50. The minimum Gasteiger partial charge on any atom is -0.481 e. The lowest BCUT2D eigenvalue weighted by Gasteiger charge is -2.07. The maximum absolute atomic E-state index is 10.9. The molecule has 0 saturated carbocycles. The molecule has 0 saturated heterocycles. The lowest BCUT2D eigenvalue weighted by molar-refractivity contribution is -0.138. The summed E-state index contributed by atoms with van der Waals surface area (Å²) in [7, 11) is 0. The van der Waals surface area contributed by atoms with Gasteiger partial charge in [0, 0.05) is 6.54 Å². The first kappa shape index (κ1) is 21.5. The summed E-state index contributed by atoms with van der Waals surface area (Å²) in [4.78, 5) is 21.1. The molecule has 0 aliphatic rings. The molecule has 0 fully saturated rings. The van der Waals surface area contributed by atoms with Gasteiger partial charge in [-0.1, -0.05) is 22.6 Å². The second-order valence-corrected chi connectivity index (χ2v) is 4.84. The highest BCUT2D eigenvalue weighted by Crippen LogP contribution is 1.85. The van der Waals surface area contributed by atoms with E-state index < -0.39 is 5.97 Å². The van der Waals surface area contributed by atoms with Crippen LogP contribution in [0.15, 0.2) is 0 Å². The summed E-state index contributed by atoms with van der Waals surface area (Å²) in [5.74, 6) is -0.867. The number of ether oxygens (including phenoxy) is 4. The Labute approximate surface area is 144 Å². The van der Waals surface area contributed by atoms with Gasteiger partial charge in [0.15, 0.2) is 0 Å². The van der Waals surface area contributed by atoms with E-state index in [0.717, 1.165) is 0 Å². The summed E-state index contributed by atoms with van der Waals surface area (Å²) in [5, 5.41) is 11.1. The number of rotatable bonds is 16. The number of hydrogen-bond acceptors (Lipinski definition) is 6. The minimum atomic E-state index is -0.871. The van der Waals surface area contributed by atoms with E-state index in [0.29, 0.717) is 57.2 Å². The van der Waals surface area contributed by atoms with Gasteiger partial charge >= 0.3 is 5.97 Å². The minimum absolute atomic E-state index is 0.00420. The normalized spacial score (nSPS) is 10.6. The van der Waals surface area contributed by atoms with E-state index in [9.17, 15) is 9.59 Å². The van der Waals surface area contributed by atoms with Crippen LogP contribution in [0, 0.1) is 0 Å². The third-order valence-electron chi connectivity index (χ3n) is 2.27. The Hall–Kier alpha value is -0.490. The Morgan fingerprint density at radius 2 is 1.27 bits per heavy atom.